The molecule has 1 aliphatic rings. The highest BCUT2D eigenvalue weighted by atomic mass is 16.2. The molecule has 1 aromatic heterocycles. The van der Waals surface area contributed by atoms with Gasteiger partial charge in [0.05, 0.1) is 0 Å². The number of hydrogen-bond acceptors (Lipinski definition) is 3. The van der Waals surface area contributed by atoms with Crippen LogP contribution in [0.15, 0.2) is 16.9 Å². The first kappa shape index (κ1) is 13.8. The average molecular weight is 263 g/mol. The summed E-state index contributed by atoms with van der Waals surface area (Å²) in [4.78, 5) is 28.6. The summed E-state index contributed by atoms with van der Waals surface area (Å²) in [5.74, 6) is -0.299. The second-order valence-electron chi connectivity index (χ2n) is 5.19. The molecule has 1 aliphatic heterocycles. The highest BCUT2D eigenvalue weighted by molar-refractivity contribution is 5.93. The highest BCUT2D eigenvalue weighted by Gasteiger charge is 2.19. The Morgan fingerprint density at radius 2 is 2.11 bits per heavy atom. The smallest absolute Gasteiger partial charge is 0.260 e. The highest BCUT2D eigenvalue weighted by Crippen LogP contribution is 2.10. The van der Waals surface area contributed by atoms with Gasteiger partial charge in [0, 0.05) is 18.3 Å². The molecule has 0 unspecified atom stereocenters. The van der Waals surface area contributed by atoms with Gasteiger partial charge < -0.3 is 10.3 Å². The maximum Gasteiger partial charge on any atom is 0.260 e. The zero-order valence-electron chi connectivity index (χ0n) is 11.5. The Bertz CT molecular complexity index is 504. The minimum Gasteiger partial charge on any atom is -0.350 e. The number of nitrogens with one attached hydrogen (secondary N) is 2. The average Bonchev–Trinajstić information content (AvgIpc) is 2.89. The van der Waals surface area contributed by atoms with Crippen molar-refractivity contribution >= 4 is 5.91 Å². The van der Waals surface area contributed by atoms with Crippen LogP contribution in [-0.2, 0) is 0 Å². The lowest BCUT2D eigenvalue weighted by molar-refractivity contribution is 0.0939. The van der Waals surface area contributed by atoms with Crippen LogP contribution in [0.1, 0.15) is 35.8 Å². The van der Waals surface area contributed by atoms with Gasteiger partial charge in [0.15, 0.2) is 0 Å². The number of amides is 1. The van der Waals surface area contributed by atoms with Crippen molar-refractivity contribution in [3.63, 3.8) is 0 Å². The van der Waals surface area contributed by atoms with E-state index >= 15 is 0 Å². The van der Waals surface area contributed by atoms with E-state index < -0.39 is 0 Å². The molecule has 0 aliphatic carbocycles. The van der Waals surface area contributed by atoms with Gasteiger partial charge in [0.1, 0.15) is 5.56 Å². The van der Waals surface area contributed by atoms with E-state index in [1.807, 2.05) is 0 Å². The van der Waals surface area contributed by atoms with E-state index in [-0.39, 0.29) is 17.0 Å². The third-order valence-electron chi connectivity index (χ3n) is 3.62. The topological polar surface area (TPSA) is 65.2 Å². The Balaban J connectivity index is 1.92. The van der Waals surface area contributed by atoms with Crippen LogP contribution in [-0.4, -0.2) is 41.5 Å². The Labute approximate surface area is 113 Å². The Morgan fingerprint density at radius 3 is 2.74 bits per heavy atom. The lowest BCUT2D eigenvalue weighted by Crippen LogP contribution is -2.41. The Hall–Kier alpha value is -1.62. The summed E-state index contributed by atoms with van der Waals surface area (Å²) in [6.45, 7) is 6.67. The molecule has 1 fully saturated rings. The first-order valence-corrected chi connectivity index (χ1v) is 6.80. The number of aromatic amines is 1. The number of carbonyl (C=O) groups is 1. The molecule has 1 aromatic rings. The third-order valence-corrected chi connectivity index (χ3v) is 3.62. The zero-order chi connectivity index (χ0) is 13.8. The van der Waals surface area contributed by atoms with Crippen LogP contribution in [0.4, 0.5) is 0 Å². The molecular formula is C14H21N3O2. The summed E-state index contributed by atoms with van der Waals surface area (Å²) in [5, 5.41) is 2.84. The van der Waals surface area contributed by atoms with Crippen molar-refractivity contribution in [3.8, 4) is 0 Å². The van der Waals surface area contributed by atoms with E-state index in [1.54, 1.807) is 19.1 Å². The molecule has 5 heteroatoms. The van der Waals surface area contributed by atoms with E-state index in [0.717, 1.165) is 18.8 Å². The SMILES string of the molecule is Cc1ccc(C(=O)NC[C@@H](C)N2CCCC2)c(=O)[nH]1. The van der Waals surface area contributed by atoms with Crippen LogP contribution in [0, 0.1) is 6.92 Å². The number of H-pyrrole nitrogens is 1. The molecule has 2 heterocycles. The van der Waals surface area contributed by atoms with Gasteiger partial charge in [-0.1, -0.05) is 0 Å². The van der Waals surface area contributed by atoms with E-state index in [0.29, 0.717) is 12.6 Å². The van der Waals surface area contributed by atoms with Crippen molar-refractivity contribution in [2.45, 2.75) is 32.7 Å². The van der Waals surface area contributed by atoms with Crippen molar-refractivity contribution in [2.24, 2.45) is 0 Å². The molecule has 2 N–H and O–H groups in total. The predicted molar refractivity (Wildman–Crippen MR) is 74.4 cm³/mol. The number of likely N-dealkylation sites (tertiary alicyclic amines) is 1. The molecule has 1 saturated heterocycles. The van der Waals surface area contributed by atoms with E-state index in [2.05, 4.69) is 22.1 Å². The van der Waals surface area contributed by atoms with Crippen LogP contribution in [0.3, 0.4) is 0 Å². The van der Waals surface area contributed by atoms with Crippen LogP contribution >= 0.6 is 0 Å². The molecule has 0 bridgehead atoms. The van der Waals surface area contributed by atoms with Crippen molar-refractivity contribution in [1.82, 2.24) is 15.2 Å². The molecule has 1 atom stereocenters. The van der Waals surface area contributed by atoms with E-state index in [4.69, 9.17) is 0 Å². The van der Waals surface area contributed by atoms with Gasteiger partial charge in [-0.3, -0.25) is 14.5 Å². The fraction of sp³-hybridized carbons (Fsp3) is 0.571. The van der Waals surface area contributed by atoms with Gasteiger partial charge in [-0.25, -0.2) is 0 Å². The molecule has 5 nitrogen and oxygen atoms in total. The standard InChI is InChI=1S/C14H21N3O2/c1-10-5-6-12(14(19)16-10)13(18)15-9-11(2)17-7-3-4-8-17/h5-6,11H,3-4,7-9H2,1-2H3,(H,15,18)(H,16,19)/t11-/m1/s1. The number of rotatable bonds is 4. The lowest BCUT2D eigenvalue weighted by atomic mass is 10.2. The van der Waals surface area contributed by atoms with Gasteiger partial charge in [-0.05, 0) is 51.9 Å². The van der Waals surface area contributed by atoms with Crippen molar-refractivity contribution in [3.05, 3.63) is 33.7 Å². The largest absolute Gasteiger partial charge is 0.350 e. The van der Waals surface area contributed by atoms with Gasteiger partial charge in [-0.15, -0.1) is 0 Å². The fourth-order valence-electron chi connectivity index (χ4n) is 2.40. The second kappa shape index (κ2) is 6.02. The van der Waals surface area contributed by atoms with Crippen molar-refractivity contribution < 1.29 is 4.79 Å². The zero-order valence-corrected chi connectivity index (χ0v) is 11.5. The maximum atomic E-state index is 11.9. The van der Waals surface area contributed by atoms with E-state index in [9.17, 15) is 9.59 Å². The number of aryl methyl sites for hydroxylation is 1. The minimum atomic E-state index is -0.327. The van der Waals surface area contributed by atoms with Crippen LogP contribution in [0.25, 0.3) is 0 Å². The number of hydrogen-bond donors (Lipinski definition) is 2. The van der Waals surface area contributed by atoms with Gasteiger partial charge in [0.25, 0.3) is 11.5 Å². The molecule has 0 spiro atoms. The Kier molecular flexibility index (Phi) is 4.37. The van der Waals surface area contributed by atoms with Crippen molar-refractivity contribution in [1.29, 1.82) is 0 Å². The number of carbonyl (C=O) groups excluding carboxylic acids is 1. The van der Waals surface area contributed by atoms with Gasteiger partial charge in [0.2, 0.25) is 0 Å². The number of pyridine rings is 1. The normalized spacial score (nSPS) is 17.4. The van der Waals surface area contributed by atoms with Gasteiger partial charge >= 0.3 is 0 Å². The molecule has 2 rings (SSSR count). The monoisotopic (exact) mass is 263 g/mol. The Morgan fingerprint density at radius 1 is 1.42 bits per heavy atom. The summed E-state index contributed by atoms with van der Waals surface area (Å²) < 4.78 is 0. The molecule has 19 heavy (non-hydrogen) atoms. The van der Waals surface area contributed by atoms with Gasteiger partial charge in [-0.2, -0.15) is 0 Å². The second-order valence-corrected chi connectivity index (χ2v) is 5.19. The number of nitrogens with zero attached hydrogens (tertiary/aromatic N) is 1. The molecular weight excluding hydrogens is 242 g/mol. The summed E-state index contributed by atoms with van der Waals surface area (Å²) in [6, 6.07) is 3.63. The summed E-state index contributed by atoms with van der Waals surface area (Å²) in [6.07, 6.45) is 2.46. The first-order valence-electron chi connectivity index (χ1n) is 6.80. The van der Waals surface area contributed by atoms with Crippen LogP contribution in [0.2, 0.25) is 0 Å². The minimum absolute atomic E-state index is 0.180. The molecule has 0 radical (unpaired) electrons. The lowest BCUT2D eigenvalue weighted by Gasteiger charge is -2.23. The fourth-order valence-corrected chi connectivity index (χ4v) is 2.40. The van der Waals surface area contributed by atoms with Crippen LogP contribution < -0.4 is 10.9 Å². The summed E-state index contributed by atoms with van der Waals surface area (Å²) in [7, 11) is 0. The summed E-state index contributed by atoms with van der Waals surface area (Å²) in [5.41, 5.74) is 0.609. The molecule has 0 aromatic carbocycles. The molecule has 104 valence electrons. The molecule has 0 saturated carbocycles. The predicted octanol–water partition coefficient (Wildman–Crippen LogP) is 0.897. The van der Waals surface area contributed by atoms with E-state index in [1.165, 1.54) is 12.8 Å². The van der Waals surface area contributed by atoms with Crippen LogP contribution in [0.5, 0.6) is 0 Å². The maximum absolute atomic E-state index is 11.9. The quantitative estimate of drug-likeness (QED) is 0.848. The molecule has 1 amide bonds. The summed E-state index contributed by atoms with van der Waals surface area (Å²) >= 11 is 0. The first-order chi connectivity index (χ1) is 9.08. The van der Waals surface area contributed by atoms with Crippen molar-refractivity contribution in [2.75, 3.05) is 19.6 Å². The number of aromatic nitrogens is 1. The third kappa shape index (κ3) is 3.44.